The fourth-order valence-corrected chi connectivity index (χ4v) is 6.64. The molecule has 0 aromatic heterocycles. The first-order valence-corrected chi connectivity index (χ1v) is 15.8. The van der Waals surface area contributed by atoms with Crippen molar-refractivity contribution in [2.45, 2.75) is 29.5 Å². The highest BCUT2D eigenvalue weighted by Crippen LogP contribution is 2.51. The molecular formula is C40H36O8. The van der Waals surface area contributed by atoms with E-state index in [1.54, 1.807) is 50.6 Å². The van der Waals surface area contributed by atoms with Gasteiger partial charge in [0.25, 0.3) is 0 Å². The summed E-state index contributed by atoms with van der Waals surface area (Å²) in [5.41, 5.74) is 1.31. The smallest absolute Gasteiger partial charge is 0.343 e. The van der Waals surface area contributed by atoms with Crippen LogP contribution in [-0.2, 0) is 19.8 Å². The Morgan fingerprint density at radius 2 is 1.29 bits per heavy atom. The summed E-state index contributed by atoms with van der Waals surface area (Å²) in [5, 5.41) is 11.7. The normalized spacial score (nSPS) is 21.5. The fourth-order valence-electron chi connectivity index (χ4n) is 6.64. The van der Waals surface area contributed by atoms with Crippen molar-refractivity contribution in [3.8, 4) is 17.2 Å². The van der Waals surface area contributed by atoms with Crippen LogP contribution in [0.25, 0.3) is 0 Å². The van der Waals surface area contributed by atoms with E-state index in [9.17, 15) is 9.90 Å². The van der Waals surface area contributed by atoms with Crippen LogP contribution in [0.5, 0.6) is 17.2 Å². The number of aliphatic hydroxyl groups is 1. The number of aliphatic hydroxyl groups excluding tert-OH is 1. The van der Waals surface area contributed by atoms with E-state index in [4.69, 9.17) is 28.4 Å². The lowest BCUT2D eigenvalue weighted by Gasteiger charge is -2.39. The van der Waals surface area contributed by atoms with Crippen molar-refractivity contribution in [3.63, 3.8) is 0 Å². The zero-order valence-electron chi connectivity index (χ0n) is 26.7. The monoisotopic (exact) mass is 644 g/mol. The highest BCUT2D eigenvalue weighted by molar-refractivity contribution is 5.91. The summed E-state index contributed by atoms with van der Waals surface area (Å²) >= 11 is 0. The standard InChI is InChI=1S/C40H36O8/c1-43-31-21-17-29(18-22-31)40(28-13-7-4-8-14-28,30-19-23-32(44-2)24-20-30)46-26-39-25-45-36(37(39)41)35(48-39)33-15-9-10-16-34(33)47-38(42)27-11-5-3-6-12-27/h3-24,35-37,41H,25-26H2,1-2H3/t35-,36+,37?,39+/m0/s1. The van der Waals surface area contributed by atoms with Crippen molar-refractivity contribution in [3.05, 3.63) is 161 Å². The number of rotatable bonds is 11. The molecule has 4 atom stereocenters. The van der Waals surface area contributed by atoms with Gasteiger partial charge in [0, 0.05) is 5.56 Å². The lowest BCUT2D eigenvalue weighted by molar-refractivity contribution is -0.185. The van der Waals surface area contributed by atoms with Crippen molar-refractivity contribution in [2.75, 3.05) is 27.4 Å². The second kappa shape index (κ2) is 13.3. The van der Waals surface area contributed by atoms with Gasteiger partial charge in [0.15, 0.2) is 0 Å². The minimum atomic E-state index is -1.20. The highest BCUT2D eigenvalue weighted by Gasteiger charge is 2.62. The van der Waals surface area contributed by atoms with E-state index in [1.165, 1.54) is 0 Å². The Kier molecular flexibility index (Phi) is 8.73. The summed E-state index contributed by atoms with van der Waals surface area (Å²) in [7, 11) is 3.26. The first-order valence-electron chi connectivity index (χ1n) is 15.8. The van der Waals surface area contributed by atoms with E-state index in [2.05, 4.69) is 0 Å². The molecule has 8 nitrogen and oxygen atoms in total. The van der Waals surface area contributed by atoms with Crippen molar-refractivity contribution in [1.29, 1.82) is 0 Å². The Hall–Kier alpha value is -4.99. The summed E-state index contributed by atoms with van der Waals surface area (Å²) in [5.74, 6) is 1.28. The number of ether oxygens (including phenoxy) is 6. The molecule has 2 saturated heterocycles. The van der Waals surface area contributed by atoms with Crippen LogP contribution < -0.4 is 14.2 Å². The zero-order valence-corrected chi connectivity index (χ0v) is 26.7. The maximum absolute atomic E-state index is 13.0. The van der Waals surface area contributed by atoms with Crippen LogP contribution in [0.4, 0.5) is 0 Å². The number of carbonyl (C=O) groups excluding carboxylic acids is 1. The number of esters is 1. The third kappa shape index (κ3) is 5.63. The van der Waals surface area contributed by atoms with Crippen LogP contribution in [0, 0.1) is 0 Å². The van der Waals surface area contributed by atoms with Crippen molar-refractivity contribution in [1.82, 2.24) is 0 Å². The van der Waals surface area contributed by atoms with Gasteiger partial charge >= 0.3 is 5.97 Å². The molecule has 1 unspecified atom stereocenters. The summed E-state index contributed by atoms with van der Waals surface area (Å²) in [4.78, 5) is 13.0. The number of methoxy groups -OCH3 is 2. The summed E-state index contributed by atoms with van der Waals surface area (Å²) in [6.07, 6.45) is -2.41. The average molecular weight is 645 g/mol. The molecule has 2 aliphatic rings. The predicted molar refractivity (Wildman–Crippen MR) is 178 cm³/mol. The Balaban J connectivity index is 1.24. The van der Waals surface area contributed by atoms with Gasteiger partial charge in [0.1, 0.15) is 46.8 Å². The Morgan fingerprint density at radius 1 is 0.750 bits per heavy atom. The van der Waals surface area contributed by atoms with Crippen molar-refractivity contribution < 1.29 is 38.3 Å². The quantitative estimate of drug-likeness (QED) is 0.0990. The van der Waals surface area contributed by atoms with E-state index in [-0.39, 0.29) is 13.2 Å². The second-order valence-electron chi connectivity index (χ2n) is 11.9. The van der Waals surface area contributed by atoms with E-state index < -0.39 is 35.5 Å². The molecule has 0 amide bonds. The largest absolute Gasteiger partial charge is 0.497 e. The van der Waals surface area contributed by atoms with Crippen LogP contribution in [0.2, 0.25) is 0 Å². The molecule has 0 radical (unpaired) electrons. The Morgan fingerprint density at radius 3 is 1.90 bits per heavy atom. The second-order valence-corrected chi connectivity index (χ2v) is 11.9. The zero-order chi connectivity index (χ0) is 33.1. The van der Waals surface area contributed by atoms with Gasteiger partial charge < -0.3 is 33.5 Å². The lowest BCUT2D eigenvalue weighted by atomic mass is 9.79. The van der Waals surface area contributed by atoms with E-state index >= 15 is 0 Å². The molecule has 2 fully saturated rings. The number of benzene rings is 5. The van der Waals surface area contributed by atoms with Crippen LogP contribution in [-0.4, -0.2) is 56.3 Å². The number of carbonyl (C=O) groups is 1. The van der Waals surface area contributed by atoms with Gasteiger partial charge in [-0.15, -0.1) is 0 Å². The fraction of sp³-hybridized carbons (Fsp3) is 0.225. The first-order chi connectivity index (χ1) is 23.5. The van der Waals surface area contributed by atoms with E-state index in [0.29, 0.717) is 28.4 Å². The summed E-state index contributed by atoms with van der Waals surface area (Å²) in [6.45, 7) is 0.109. The summed E-state index contributed by atoms with van der Waals surface area (Å²) in [6, 6.07) is 41.4. The lowest BCUT2D eigenvalue weighted by Crippen LogP contribution is -2.48. The molecule has 0 saturated carbocycles. The van der Waals surface area contributed by atoms with Gasteiger partial charge in [0.05, 0.1) is 33.0 Å². The van der Waals surface area contributed by atoms with Crippen LogP contribution in [0.15, 0.2) is 133 Å². The van der Waals surface area contributed by atoms with Crippen LogP contribution in [0.1, 0.15) is 38.7 Å². The minimum Gasteiger partial charge on any atom is -0.497 e. The van der Waals surface area contributed by atoms with Gasteiger partial charge in [-0.2, -0.15) is 0 Å². The average Bonchev–Trinajstić information content (AvgIpc) is 3.61. The third-order valence-electron chi connectivity index (χ3n) is 9.17. The van der Waals surface area contributed by atoms with Crippen LogP contribution >= 0.6 is 0 Å². The molecule has 7 rings (SSSR count). The molecule has 244 valence electrons. The molecule has 1 N–H and O–H groups in total. The van der Waals surface area contributed by atoms with Gasteiger partial charge in [-0.05, 0) is 59.2 Å². The van der Waals surface area contributed by atoms with Gasteiger partial charge in [-0.3, -0.25) is 0 Å². The molecule has 2 heterocycles. The molecule has 5 aromatic carbocycles. The summed E-state index contributed by atoms with van der Waals surface area (Å²) < 4.78 is 36.8. The Bertz CT molecular complexity index is 1800. The topological polar surface area (TPSA) is 92.7 Å². The number of hydrogen-bond acceptors (Lipinski definition) is 8. The maximum Gasteiger partial charge on any atom is 0.343 e. The number of para-hydroxylation sites is 1. The van der Waals surface area contributed by atoms with Crippen molar-refractivity contribution >= 4 is 5.97 Å². The Labute approximate surface area is 279 Å². The highest BCUT2D eigenvalue weighted by atomic mass is 16.7. The van der Waals surface area contributed by atoms with Gasteiger partial charge in [0.2, 0.25) is 0 Å². The maximum atomic E-state index is 13.0. The van der Waals surface area contributed by atoms with Gasteiger partial charge in [-0.1, -0.05) is 91.0 Å². The number of hydrogen-bond donors (Lipinski definition) is 1. The van der Waals surface area contributed by atoms with Crippen molar-refractivity contribution in [2.24, 2.45) is 0 Å². The minimum absolute atomic E-state index is 0.0138. The molecule has 48 heavy (non-hydrogen) atoms. The van der Waals surface area contributed by atoms with Gasteiger partial charge in [-0.25, -0.2) is 4.79 Å². The number of fused-ring (bicyclic) bond motifs is 2. The molecule has 5 aromatic rings. The predicted octanol–water partition coefficient (Wildman–Crippen LogP) is 6.50. The molecule has 8 heteroatoms. The SMILES string of the molecule is COc1ccc(C(OC[C@]23CO[C@@H](C2O)[C@H](c2ccccc2OC(=O)c2ccccc2)O3)(c2ccccc2)c2ccc(OC)cc2)cc1. The molecule has 2 bridgehead atoms. The first kappa shape index (κ1) is 31.6. The molecule has 0 spiro atoms. The molecule has 0 aliphatic carbocycles. The van der Waals surface area contributed by atoms with E-state index in [1.807, 2.05) is 97.1 Å². The molecular weight excluding hydrogens is 608 g/mol. The van der Waals surface area contributed by atoms with E-state index in [0.717, 1.165) is 16.7 Å². The third-order valence-corrected chi connectivity index (χ3v) is 9.17. The van der Waals surface area contributed by atoms with Crippen LogP contribution in [0.3, 0.4) is 0 Å². The molecule has 2 aliphatic heterocycles.